The second kappa shape index (κ2) is 7.26. The molecule has 0 bridgehead atoms. The van der Waals surface area contributed by atoms with Crippen LogP contribution in [0.3, 0.4) is 0 Å². The number of carbonyl (C=O) groups excluding carboxylic acids is 2. The molecule has 6 nitrogen and oxygen atoms in total. The Kier molecular flexibility index (Phi) is 5.60. The number of amides is 1. The number of nitrogens with zero attached hydrogens (tertiary/aromatic N) is 4. The van der Waals surface area contributed by atoms with Crippen molar-refractivity contribution in [2.24, 2.45) is 0 Å². The van der Waals surface area contributed by atoms with E-state index in [2.05, 4.69) is 10.1 Å². The molecule has 2 rings (SSSR count). The molecule has 0 radical (unpaired) electrons. The highest BCUT2D eigenvalue weighted by molar-refractivity contribution is 8.01. The van der Waals surface area contributed by atoms with Gasteiger partial charge in [0.15, 0.2) is 5.78 Å². The number of aromatic nitrogens is 3. The van der Waals surface area contributed by atoms with E-state index < -0.39 is 0 Å². The summed E-state index contributed by atoms with van der Waals surface area (Å²) in [5.41, 5.74) is 0.548. The lowest BCUT2D eigenvalue weighted by Crippen LogP contribution is -2.34. The van der Waals surface area contributed by atoms with Crippen molar-refractivity contribution in [3.05, 3.63) is 22.3 Å². The largest absolute Gasteiger partial charge is 0.346 e. The Morgan fingerprint density at radius 3 is 2.68 bits per heavy atom. The van der Waals surface area contributed by atoms with E-state index in [1.807, 2.05) is 13.8 Å². The minimum atomic E-state index is -0.222. The lowest BCUT2D eigenvalue weighted by molar-refractivity contribution is 0.101. The molecule has 0 aromatic carbocycles. The molecule has 0 saturated heterocycles. The second-order valence-corrected chi connectivity index (χ2v) is 7.26. The van der Waals surface area contributed by atoms with Crippen LogP contribution < -0.4 is 0 Å². The Hall–Kier alpha value is -1.38. The Bertz CT molecular complexity index is 694. The van der Waals surface area contributed by atoms with Crippen molar-refractivity contribution < 1.29 is 9.59 Å². The molecule has 2 aromatic rings. The van der Waals surface area contributed by atoms with Crippen LogP contribution in [0.2, 0.25) is 4.34 Å². The molecule has 9 heteroatoms. The minimum Gasteiger partial charge on any atom is -0.323 e. The van der Waals surface area contributed by atoms with Crippen LogP contribution in [0.4, 0.5) is 4.79 Å². The number of thiophene rings is 1. The fourth-order valence-corrected chi connectivity index (χ4v) is 4.29. The fourth-order valence-electron chi connectivity index (χ4n) is 1.78. The number of halogens is 1. The molecule has 0 aliphatic heterocycles. The zero-order chi connectivity index (χ0) is 16.3. The zero-order valence-electron chi connectivity index (χ0n) is 12.4. The van der Waals surface area contributed by atoms with Gasteiger partial charge < -0.3 is 4.90 Å². The lowest BCUT2D eigenvalue weighted by Gasteiger charge is -2.17. The van der Waals surface area contributed by atoms with Crippen LogP contribution in [0.5, 0.6) is 0 Å². The van der Waals surface area contributed by atoms with Gasteiger partial charge in [-0.2, -0.15) is 4.68 Å². The summed E-state index contributed by atoms with van der Waals surface area (Å²) in [4.78, 5) is 29.5. The molecule has 2 heterocycles. The first-order valence-corrected chi connectivity index (χ1v) is 8.66. The summed E-state index contributed by atoms with van der Waals surface area (Å²) in [6, 6.07) is 1.41. The molecule has 0 fully saturated rings. The van der Waals surface area contributed by atoms with E-state index in [1.165, 1.54) is 41.0 Å². The quantitative estimate of drug-likeness (QED) is 0.763. The van der Waals surface area contributed by atoms with E-state index in [-0.39, 0.29) is 11.8 Å². The number of carbonyl (C=O) groups is 2. The third kappa shape index (κ3) is 3.68. The van der Waals surface area contributed by atoms with Gasteiger partial charge in [0.05, 0.1) is 8.55 Å². The van der Waals surface area contributed by atoms with Gasteiger partial charge >= 0.3 is 6.03 Å². The van der Waals surface area contributed by atoms with Gasteiger partial charge in [-0.25, -0.2) is 9.78 Å². The summed E-state index contributed by atoms with van der Waals surface area (Å²) in [6.07, 6.45) is 1.38. The first kappa shape index (κ1) is 17.0. The molecule has 118 valence electrons. The normalized spacial score (nSPS) is 10.7. The Morgan fingerprint density at radius 1 is 1.41 bits per heavy atom. The molecule has 0 atom stereocenters. The van der Waals surface area contributed by atoms with Crippen molar-refractivity contribution in [3.8, 4) is 0 Å². The zero-order valence-corrected chi connectivity index (χ0v) is 14.8. The smallest absolute Gasteiger partial charge is 0.323 e. The molecule has 0 N–H and O–H groups in total. The lowest BCUT2D eigenvalue weighted by atomic mass is 10.2. The SMILES string of the molecule is CCN(CC)C(=O)n1cnc(Sc2sc(Cl)cc2C(C)=O)n1. The highest BCUT2D eigenvalue weighted by atomic mass is 35.5. The Labute approximate surface area is 141 Å². The van der Waals surface area contributed by atoms with Crippen LogP contribution in [0.1, 0.15) is 31.1 Å². The average Bonchev–Trinajstić information content (AvgIpc) is 3.07. The Morgan fingerprint density at radius 2 is 2.09 bits per heavy atom. The predicted octanol–water partition coefficient (Wildman–Crippen LogP) is 3.66. The number of hydrogen-bond donors (Lipinski definition) is 0. The van der Waals surface area contributed by atoms with Crippen LogP contribution in [0.25, 0.3) is 0 Å². The summed E-state index contributed by atoms with van der Waals surface area (Å²) in [5.74, 6) is -0.0655. The third-order valence-electron chi connectivity index (χ3n) is 2.93. The van der Waals surface area contributed by atoms with Crippen molar-refractivity contribution in [2.75, 3.05) is 13.1 Å². The summed E-state index contributed by atoms with van der Waals surface area (Å²) in [7, 11) is 0. The third-order valence-corrected chi connectivity index (χ3v) is 5.27. The van der Waals surface area contributed by atoms with E-state index in [0.29, 0.717) is 28.1 Å². The molecule has 22 heavy (non-hydrogen) atoms. The van der Waals surface area contributed by atoms with Gasteiger partial charge in [-0.1, -0.05) is 11.6 Å². The molecule has 0 aliphatic carbocycles. The monoisotopic (exact) mass is 358 g/mol. The standard InChI is InChI=1S/C13H15ClN4O2S2/c1-4-17(5-2)13(20)18-7-15-12(16-18)22-11-9(8(3)19)6-10(14)21-11/h6-7H,4-5H2,1-3H3. The van der Waals surface area contributed by atoms with Gasteiger partial charge in [0.2, 0.25) is 5.16 Å². The van der Waals surface area contributed by atoms with E-state index >= 15 is 0 Å². The summed E-state index contributed by atoms with van der Waals surface area (Å²) in [5, 5.41) is 4.57. The summed E-state index contributed by atoms with van der Waals surface area (Å²) >= 11 is 8.48. The van der Waals surface area contributed by atoms with Crippen molar-refractivity contribution in [1.29, 1.82) is 0 Å². The van der Waals surface area contributed by atoms with Crippen LogP contribution in [-0.2, 0) is 0 Å². The first-order chi connectivity index (χ1) is 10.5. The molecule has 1 amide bonds. The van der Waals surface area contributed by atoms with Gasteiger partial charge in [-0.15, -0.1) is 16.4 Å². The molecular formula is C13H15ClN4O2S2. The molecule has 0 saturated carbocycles. The maximum Gasteiger partial charge on any atom is 0.346 e. The van der Waals surface area contributed by atoms with Crippen molar-refractivity contribution in [3.63, 3.8) is 0 Å². The number of ketones is 1. The molecule has 0 aliphatic rings. The van der Waals surface area contributed by atoms with E-state index in [1.54, 1.807) is 11.0 Å². The van der Waals surface area contributed by atoms with Gasteiger partial charge in [0.25, 0.3) is 0 Å². The minimum absolute atomic E-state index is 0.0655. The average molecular weight is 359 g/mol. The van der Waals surface area contributed by atoms with E-state index in [9.17, 15) is 9.59 Å². The van der Waals surface area contributed by atoms with Crippen LogP contribution >= 0.6 is 34.7 Å². The van der Waals surface area contributed by atoms with Crippen LogP contribution in [0, 0.1) is 0 Å². The highest BCUT2D eigenvalue weighted by Gasteiger charge is 2.18. The van der Waals surface area contributed by atoms with Crippen molar-refractivity contribution in [1.82, 2.24) is 19.7 Å². The van der Waals surface area contributed by atoms with E-state index in [4.69, 9.17) is 11.6 Å². The Balaban J connectivity index is 2.19. The number of rotatable bonds is 5. The molecular weight excluding hydrogens is 344 g/mol. The van der Waals surface area contributed by atoms with E-state index in [0.717, 1.165) is 4.21 Å². The molecule has 0 unspecified atom stereocenters. The van der Waals surface area contributed by atoms with Crippen LogP contribution in [-0.4, -0.2) is 44.6 Å². The van der Waals surface area contributed by atoms with Crippen molar-refractivity contribution >= 4 is 46.5 Å². The molecule has 2 aromatic heterocycles. The summed E-state index contributed by atoms with van der Waals surface area (Å²) < 4.78 is 2.47. The van der Waals surface area contributed by atoms with Gasteiger partial charge in [-0.3, -0.25) is 4.79 Å². The predicted molar refractivity (Wildman–Crippen MR) is 87.2 cm³/mol. The van der Waals surface area contributed by atoms with Gasteiger partial charge in [0, 0.05) is 18.7 Å². The number of Topliss-reactive ketones (excluding diaryl/α,β-unsaturated/α-hetero) is 1. The maximum absolute atomic E-state index is 12.2. The number of hydrogen-bond acceptors (Lipinski definition) is 6. The van der Waals surface area contributed by atoms with Crippen molar-refractivity contribution in [2.45, 2.75) is 30.1 Å². The fraction of sp³-hybridized carbons (Fsp3) is 0.385. The summed E-state index contributed by atoms with van der Waals surface area (Å²) in [6.45, 7) is 6.50. The highest BCUT2D eigenvalue weighted by Crippen LogP contribution is 2.37. The van der Waals surface area contributed by atoms with Crippen LogP contribution in [0.15, 0.2) is 21.8 Å². The maximum atomic E-state index is 12.2. The first-order valence-electron chi connectivity index (χ1n) is 6.65. The van der Waals surface area contributed by atoms with Gasteiger partial charge in [-0.05, 0) is 38.6 Å². The topological polar surface area (TPSA) is 68.1 Å². The van der Waals surface area contributed by atoms with Gasteiger partial charge in [0.1, 0.15) is 6.33 Å². The second-order valence-electron chi connectivity index (χ2n) is 4.34. The molecule has 0 spiro atoms.